The van der Waals surface area contributed by atoms with Gasteiger partial charge in [-0.05, 0) is 71.4 Å². The maximum absolute atomic E-state index is 13.1. The van der Waals surface area contributed by atoms with Crippen LogP contribution in [-0.4, -0.2) is 21.8 Å². The molecule has 0 aliphatic heterocycles. The molecule has 2 aromatic rings. The van der Waals surface area contributed by atoms with E-state index >= 15 is 0 Å². The minimum absolute atomic E-state index is 0.0391. The van der Waals surface area contributed by atoms with Crippen molar-refractivity contribution in [3.8, 4) is 22.6 Å². The number of hydrogen-bond acceptors (Lipinski definition) is 5. The lowest BCUT2D eigenvalue weighted by molar-refractivity contribution is -0.658. The number of carbonyl (C=O) groups is 2. The molecule has 3 aliphatic carbocycles. The summed E-state index contributed by atoms with van der Waals surface area (Å²) < 4.78 is 7.12. The molecular weight excluding hydrogens is 430 g/mol. The standard InChI is InChI=1S/C28H25NO5/c1-13(2)16-7-6-14(3)22-17(10-15(4)18(22)11-16)12-19-25(32)23(26(19)33)28-29(5)24-20(30)8-9-21(31)27(24)34-28/h6-13,23H,1-5H3,(H-,30,31)/p+1. The molecule has 0 bridgehead atoms. The molecular formula is C28H26NO5+. The van der Waals surface area contributed by atoms with E-state index in [1.807, 2.05) is 19.9 Å². The van der Waals surface area contributed by atoms with E-state index in [0.717, 1.165) is 27.8 Å². The maximum atomic E-state index is 13.1. The highest BCUT2D eigenvalue weighted by atomic mass is 16.4. The zero-order valence-corrected chi connectivity index (χ0v) is 19.8. The number of aryl methyl sites for hydroxylation is 3. The van der Waals surface area contributed by atoms with Gasteiger partial charge >= 0.3 is 5.89 Å². The monoisotopic (exact) mass is 456 g/mol. The largest absolute Gasteiger partial charge is 0.504 e. The summed E-state index contributed by atoms with van der Waals surface area (Å²) in [7, 11) is 1.59. The number of carbonyl (C=O) groups excluding carboxylic acids is 2. The van der Waals surface area contributed by atoms with Crippen molar-refractivity contribution in [2.24, 2.45) is 7.05 Å². The number of rotatable bonds is 3. The zero-order chi connectivity index (χ0) is 24.5. The first-order valence-electron chi connectivity index (χ1n) is 11.3. The number of Topliss-reactive ketones (excluding diaryl/α,β-unsaturated/α-hetero) is 2. The molecule has 5 rings (SSSR count). The van der Waals surface area contributed by atoms with E-state index in [9.17, 15) is 19.8 Å². The summed E-state index contributed by atoms with van der Waals surface area (Å²) in [6.07, 6.45) is 1.68. The van der Waals surface area contributed by atoms with Crippen LogP contribution in [0.3, 0.4) is 0 Å². The van der Waals surface area contributed by atoms with Crippen molar-refractivity contribution < 1.29 is 28.8 Å². The van der Waals surface area contributed by atoms with Crippen LogP contribution in [0, 0.1) is 13.8 Å². The minimum Gasteiger partial charge on any atom is -0.504 e. The molecule has 6 nitrogen and oxygen atoms in total. The lowest BCUT2D eigenvalue weighted by atomic mass is 9.76. The molecule has 0 radical (unpaired) electrons. The Morgan fingerprint density at radius 3 is 2.29 bits per heavy atom. The van der Waals surface area contributed by atoms with Gasteiger partial charge in [0.05, 0.1) is 5.57 Å². The fourth-order valence-electron chi connectivity index (χ4n) is 4.86. The highest BCUT2D eigenvalue weighted by Crippen LogP contribution is 2.41. The van der Waals surface area contributed by atoms with Crippen LogP contribution in [0.25, 0.3) is 28.3 Å². The van der Waals surface area contributed by atoms with Crippen LogP contribution in [0.2, 0.25) is 0 Å². The van der Waals surface area contributed by atoms with Gasteiger partial charge in [-0.25, -0.2) is 0 Å². The van der Waals surface area contributed by atoms with Gasteiger partial charge in [-0.1, -0.05) is 38.1 Å². The molecule has 1 aromatic heterocycles. The second-order valence-electron chi connectivity index (χ2n) is 9.39. The highest BCUT2D eigenvalue weighted by Gasteiger charge is 2.53. The van der Waals surface area contributed by atoms with E-state index in [4.69, 9.17) is 4.42 Å². The number of phenolic OH excluding ortho intramolecular Hbond substituents is 2. The Morgan fingerprint density at radius 1 is 0.971 bits per heavy atom. The Morgan fingerprint density at radius 2 is 1.65 bits per heavy atom. The molecule has 1 fully saturated rings. The van der Waals surface area contributed by atoms with Gasteiger partial charge in [-0.3, -0.25) is 9.59 Å². The number of aromatic nitrogens is 1. The smallest absolute Gasteiger partial charge is 0.367 e. The average Bonchev–Trinajstić information content (AvgIpc) is 3.22. The Balaban J connectivity index is 1.57. The summed E-state index contributed by atoms with van der Waals surface area (Å²) in [5.74, 6) is -1.60. The summed E-state index contributed by atoms with van der Waals surface area (Å²) in [5.41, 5.74) is 6.78. The molecule has 1 heterocycles. The number of hydrogen-bond donors (Lipinski definition) is 2. The predicted molar refractivity (Wildman–Crippen MR) is 128 cm³/mol. The summed E-state index contributed by atoms with van der Waals surface area (Å²) in [5, 5.41) is 20.3. The van der Waals surface area contributed by atoms with Crippen LogP contribution >= 0.6 is 0 Å². The van der Waals surface area contributed by atoms with Crippen molar-refractivity contribution >= 4 is 28.7 Å². The molecule has 6 heteroatoms. The second kappa shape index (κ2) is 7.55. The first-order valence-corrected chi connectivity index (χ1v) is 11.3. The zero-order valence-electron chi connectivity index (χ0n) is 19.8. The predicted octanol–water partition coefficient (Wildman–Crippen LogP) is 4.83. The van der Waals surface area contributed by atoms with Crippen LogP contribution in [0.4, 0.5) is 0 Å². The molecule has 34 heavy (non-hydrogen) atoms. The first kappa shape index (κ1) is 21.9. The SMILES string of the molecule is Cc1cc(C=C2C(=O)C(c3oc4c(O)ccc(O)c4[n+]3C)C2=O)c2c(C)ccc(C(C)C)cc1-2. The van der Waals surface area contributed by atoms with E-state index in [1.165, 1.54) is 22.3 Å². The van der Waals surface area contributed by atoms with Gasteiger partial charge in [0, 0.05) is 0 Å². The second-order valence-corrected chi connectivity index (χ2v) is 9.39. The number of aromatic hydroxyl groups is 2. The van der Waals surface area contributed by atoms with E-state index in [-0.39, 0.29) is 45.6 Å². The van der Waals surface area contributed by atoms with Gasteiger partial charge in [-0.2, -0.15) is 4.57 Å². The molecule has 1 saturated carbocycles. The van der Waals surface area contributed by atoms with Crippen molar-refractivity contribution in [2.75, 3.05) is 0 Å². The number of oxazole rings is 1. The Bertz CT molecular complexity index is 1500. The molecule has 3 aliphatic rings. The fraction of sp³-hybridized carbons (Fsp3) is 0.250. The third kappa shape index (κ3) is 3.05. The lowest BCUT2D eigenvalue weighted by Gasteiger charge is -2.21. The van der Waals surface area contributed by atoms with Crippen molar-refractivity contribution in [3.05, 3.63) is 70.1 Å². The number of phenols is 2. The van der Waals surface area contributed by atoms with Crippen molar-refractivity contribution in [2.45, 2.75) is 39.5 Å². The first-order chi connectivity index (χ1) is 16.1. The number of fused-ring (bicyclic) bond motifs is 2. The lowest BCUT2D eigenvalue weighted by Crippen LogP contribution is -2.45. The Labute approximate surface area is 197 Å². The van der Waals surface area contributed by atoms with Crippen LogP contribution in [0.5, 0.6) is 11.5 Å². The van der Waals surface area contributed by atoms with E-state index in [2.05, 4.69) is 32.0 Å². The third-order valence-corrected chi connectivity index (χ3v) is 6.82. The highest BCUT2D eigenvalue weighted by molar-refractivity contribution is 6.43. The van der Waals surface area contributed by atoms with Crippen LogP contribution < -0.4 is 4.57 Å². The molecule has 2 N–H and O–H groups in total. The van der Waals surface area contributed by atoms with Crippen molar-refractivity contribution in [1.29, 1.82) is 0 Å². The molecule has 0 saturated heterocycles. The van der Waals surface area contributed by atoms with Gasteiger partial charge in [0.1, 0.15) is 7.05 Å². The van der Waals surface area contributed by atoms with Crippen LogP contribution in [-0.2, 0) is 16.6 Å². The molecule has 0 unspecified atom stereocenters. The van der Waals surface area contributed by atoms with Crippen molar-refractivity contribution in [1.82, 2.24) is 0 Å². The molecule has 0 amide bonds. The summed E-state index contributed by atoms with van der Waals surface area (Å²) in [4.78, 5) is 26.2. The van der Waals surface area contributed by atoms with E-state index in [0.29, 0.717) is 5.92 Å². The van der Waals surface area contributed by atoms with Crippen molar-refractivity contribution in [3.63, 3.8) is 0 Å². The van der Waals surface area contributed by atoms with Gasteiger partial charge in [0.2, 0.25) is 11.5 Å². The van der Waals surface area contributed by atoms with Crippen LogP contribution in [0.15, 0.2) is 46.4 Å². The average molecular weight is 457 g/mol. The topological polar surface area (TPSA) is 91.6 Å². The molecule has 0 atom stereocenters. The van der Waals surface area contributed by atoms with E-state index < -0.39 is 5.92 Å². The van der Waals surface area contributed by atoms with Gasteiger partial charge < -0.3 is 14.6 Å². The van der Waals surface area contributed by atoms with Crippen LogP contribution in [0.1, 0.15) is 53.8 Å². The summed E-state index contributed by atoms with van der Waals surface area (Å²) in [6, 6.07) is 11.0. The Hall–Kier alpha value is -3.93. The molecule has 1 aromatic carbocycles. The van der Waals surface area contributed by atoms with Gasteiger partial charge in [0.25, 0.3) is 5.52 Å². The fourth-order valence-corrected chi connectivity index (χ4v) is 4.86. The normalized spacial score (nSPS) is 16.1. The Kier molecular flexibility index (Phi) is 4.86. The quantitative estimate of drug-likeness (QED) is 0.151. The van der Waals surface area contributed by atoms with Gasteiger partial charge in [-0.15, -0.1) is 0 Å². The third-order valence-electron chi connectivity index (χ3n) is 6.82. The maximum Gasteiger partial charge on any atom is 0.367 e. The molecule has 172 valence electrons. The number of allylic oxidation sites excluding steroid dienone is 1. The number of ketones is 2. The van der Waals surface area contributed by atoms with E-state index in [1.54, 1.807) is 13.1 Å². The number of nitrogens with zero attached hydrogens (tertiary/aromatic N) is 1. The minimum atomic E-state index is -1.10. The summed E-state index contributed by atoms with van der Waals surface area (Å²) >= 11 is 0. The number of benzene rings is 1. The summed E-state index contributed by atoms with van der Waals surface area (Å²) in [6.45, 7) is 8.38. The van der Waals surface area contributed by atoms with Gasteiger partial charge in [0.15, 0.2) is 23.1 Å². The molecule has 0 spiro atoms.